The molecule has 0 aliphatic rings. The van der Waals surface area contributed by atoms with E-state index in [1.807, 2.05) is 0 Å². The van der Waals surface area contributed by atoms with Gasteiger partial charge in [-0.05, 0) is 0 Å². The molecule has 0 unspecified atom stereocenters. The van der Waals surface area contributed by atoms with E-state index < -0.39 is 24.6 Å². The Morgan fingerprint density at radius 2 is 2.06 bits per heavy atom. The second kappa shape index (κ2) is 4.88. The van der Waals surface area contributed by atoms with Crippen LogP contribution in [-0.4, -0.2) is 21.6 Å². The van der Waals surface area contributed by atoms with Crippen LogP contribution in [0.25, 0.3) is 0 Å². The van der Waals surface area contributed by atoms with Crippen LogP contribution >= 0.6 is 15.9 Å². The van der Waals surface area contributed by atoms with Gasteiger partial charge in [-0.15, -0.1) is 13.2 Å². The first kappa shape index (κ1) is 13.0. The SMILES string of the molecule is OCc1cnc(OC(F)(F)F)c(O)c1CBr. The lowest BCUT2D eigenvalue weighted by Crippen LogP contribution is -2.18. The normalized spacial score (nSPS) is 11.6. The van der Waals surface area contributed by atoms with E-state index in [2.05, 4.69) is 25.7 Å². The van der Waals surface area contributed by atoms with Crippen molar-refractivity contribution in [2.75, 3.05) is 0 Å². The van der Waals surface area contributed by atoms with Crippen LogP contribution < -0.4 is 4.74 Å². The van der Waals surface area contributed by atoms with Crippen LogP contribution in [0.4, 0.5) is 13.2 Å². The van der Waals surface area contributed by atoms with Gasteiger partial charge >= 0.3 is 6.36 Å². The molecule has 90 valence electrons. The Bertz CT molecular complexity index is 384. The highest BCUT2D eigenvalue weighted by Gasteiger charge is 2.33. The lowest BCUT2D eigenvalue weighted by Gasteiger charge is -2.12. The number of nitrogens with zero attached hydrogens (tertiary/aromatic N) is 1. The van der Waals surface area contributed by atoms with E-state index in [0.717, 1.165) is 6.20 Å². The molecule has 0 spiro atoms. The number of halogens is 4. The fourth-order valence-corrected chi connectivity index (χ4v) is 1.65. The van der Waals surface area contributed by atoms with Crippen LogP contribution in [0.5, 0.6) is 11.6 Å². The molecule has 0 amide bonds. The third-order valence-electron chi connectivity index (χ3n) is 1.73. The van der Waals surface area contributed by atoms with Gasteiger partial charge in [0.2, 0.25) is 0 Å². The quantitative estimate of drug-likeness (QED) is 0.839. The Labute approximate surface area is 96.8 Å². The van der Waals surface area contributed by atoms with Crippen molar-refractivity contribution >= 4 is 15.9 Å². The van der Waals surface area contributed by atoms with E-state index in [9.17, 15) is 18.3 Å². The highest BCUT2D eigenvalue weighted by Crippen LogP contribution is 2.34. The van der Waals surface area contributed by atoms with E-state index in [1.54, 1.807) is 0 Å². The summed E-state index contributed by atoms with van der Waals surface area (Å²) in [7, 11) is 0. The molecule has 1 heterocycles. The van der Waals surface area contributed by atoms with Gasteiger partial charge in [0.05, 0.1) is 6.61 Å². The molecule has 0 saturated carbocycles. The lowest BCUT2D eigenvalue weighted by atomic mass is 10.1. The zero-order chi connectivity index (χ0) is 12.3. The van der Waals surface area contributed by atoms with Crippen LogP contribution in [-0.2, 0) is 11.9 Å². The van der Waals surface area contributed by atoms with Gasteiger partial charge in [-0.1, -0.05) is 15.9 Å². The number of rotatable bonds is 3. The number of aromatic hydroxyl groups is 1. The van der Waals surface area contributed by atoms with Crippen molar-refractivity contribution in [2.24, 2.45) is 0 Å². The first-order chi connectivity index (χ1) is 7.39. The minimum atomic E-state index is -4.92. The summed E-state index contributed by atoms with van der Waals surface area (Å²) in [5.74, 6) is -1.67. The van der Waals surface area contributed by atoms with Crippen molar-refractivity contribution in [2.45, 2.75) is 18.3 Å². The molecule has 16 heavy (non-hydrogen) atoms. The summed E-state index contributed by atoms with van der Waals surface area (Å²) in [6.07, 6.45) is -3.91. The van der Waals surface area contributed by atoms with Gasteiger partial charge in [-0.3, -0.25) is 0 Å². The van der Waals surface area contributed by atoms with Crippen LogP contribution in [0.15, 0.2) is 6.20 Å². The fraction of sp³-hybridized carbons (Fsp3) is 0.375. The first-order valence-corrected chi connectivity index (χ1v) is 5.13. The van der Waals surface area contributed by atoms with Gasteiger partial charge < -0.3 is 14.9 Å². The molecule has 1 aromatic heterocycles. The third kappa shape index (κ3) is 2.99. The number of aromatic nitrogens is 1. The number of hydrogen-bond donors (Lipinski definition) is 2. The maximum absolute atomic E-state index is 11.9. The molecule has 0 aliphatic heterocycles. The zero-order valence-corrected chi connectivity index (χ0v) is 9.34. The Balaban J connectivity index is 3.14. The third-order valence-corrected chi connectivity index (χ3v) is 2.29. The van der Waals surface area contributed by atoms with Crippen molar-refractivity contribution in [1.29, 1.82) is 0 Å². The predicted octanol–water partition coefficient (Wildman–Crippen LogP) is 2.07. The van der Waals surface area contributed by atoms with Crippen LogP contribution in [0.1, 0.15) is 11.1 Å². The Morgan fingerprint density at radius 1 is 1.44 bits per heavy atom. The van der Waals surface area contributed by atoms with Crippen LogP contribution in [0.3, 0.4) is 0 Å². The highest BCUT2D eigenvalue weighted by atomic mass is 79.9. The number of ether oxygens (including phenoxy) is 1. The number of aliphatic hydroxyl groups excluding tert-OH is 1. The average molecular weight is 302 g/mol. The number of alkyl halides is 4. The predicted molar refractivity (Wildman–Crippen MR) is 51.1 cm³/mol. The topological polar surface area (TPSA) is 62.6 Å². The minimum Gasteiger partial charge on any atom is -0.503 e. The number of pyridine rings is 1. The van der Waals surface area contributed by atoms with E-state index in [0.29, 0.717) is 0 Å². The van der Waals surface area contributed by atoms with E-state index in [4.69, 9.17) is 5.11 Å². The molecule has 8 heteroatoms. The fourth-order valence-electron chi connectivity index (χ4n) is 1.03. The zero-order valence-electron chi connectivity index (χ0n) is 7.75. The maximum Gasteiger partial charge on any atom is 0.574 e. The van der Waals surface area contributed by atoms with Gasteiger partial charge in [0, 0.05) is 22.7 Å². The monoisotopic (exact) mass is 301 g/mol. The summed E-state index contributed by atoms with van der Waals surface area (Å²) in [6.45, 7) is -0.437. The van der Waals surface area contributed by atoms with Gasteiger partial charge in [0.15, 0.2) is 5.75 Å². The van der Waals surface area contributed by atoms with Crippen molar-refractivity contribution in [3.8, 4) is 11.6 Å². The number of hydrogen-bond acceptors (Lipinski definition) is 4. The molecule has 2 N–H and O–H groups in total. The summed E-state index contributed by atoms with van der Waals surface area (Å²) in [6, 6.07) is 0. The molecule has 0 bridgehead atoms. The summed E-state index contributed by atoms with van der Waals surface area (Å²) < 4.78 is 39.2. The van der Waals surface area contributed by atoms with E-state index in [1.165, 1.54) is 0 Å². The van der Waals surface area contributed by atoms with Gasteiger partial charge in [0.1, 0.15) is 0 Å². The minimum absolute atomic E-state index is 0.0749. The van der Waals surface area contributed by atoms with E-state index in [-0.39, 0.29) is 16.5 Å². The standard InChI is InChI=1S/C8H7BrF3NO3/c9-1-5-4(3-14)2-13-7(6(5)15)16-8(10,11)12/h2,14-15H,1,3H2. The molecule has 0 aliphatic carbocycles. The molecule has 0 saturated heterocycles. The average Bonchev–Trinajstić information content (AvgIpc) is 2.19. The molecule has 0 atom stereocenters. The largest absolute Gasteiger partial charge is 0.574 e. The van der Waals surface area contributed by atoms with Gasteiger partial charge in [-0.25, -0.2) is 4.98 Å². The Kier molecular flexibility index (Phi) is 3.98. The molecule has 0 aromatic carbocycles. The highest BCUT2D eigenvalue weighted by molar-refractivity contribution is 9.08. The van der Waals surface area contributed by atoms with Crippen molar-refractivity contribution in [3.05, 3.63) is 17.3 Å². The molecule has 4 nitrogen and oxygen atoms in total. The second-order valence-corrected chi connectivity index (χ2v) is 3.32. The van der Waals surface area contributed by atoms with Gasteiger partial charge in [-0.2, -0.15) is 0 Å². The Hall–Kier alpha value is -1.02. The smallest absolute Gasteiger partial charge is 0.503 e. The molecule has 1 rings (SSSR count). The van der Waals surface area contributed by atoms with Crippen molar-refractivity contribution in [1.82, 2.24) is 4.98 Å². The summed E-state index contributed by atoms with van der Waals surface area (Å²) >= 11 is 2.98. The Morgan fingerprint density at radius 3 is 2.50 bits per heavy atom. The molecule has 0 radical (unpaired) electrons. The van der Waals surface area contributed by atoms with Crippen LogP contribution in [0, 0.1) is 0 Å². The number of aliphatic hydroxyl groups is 1. The lowest BCUT2D eigenvalue weighted by molar-refractivity contribution is -0.276. The van der Waals surface area contributed by atoms with E-state index >= 15 is 0 Å². The first-order valence-electron chi connectivity index (χ1n) is 4.01. The van der Waals surface area contributed by atoms with Crippen LogP contribution in [0.2, 0.25) is 0 Å². The molecular weight excluding hydrogens is 295 g/mol. The van der Waals surface area contributed by atoms with Gasteiger partial charge in [0.25, 0.3) is 5.88 Å². The summed E-state index contributed by atoms with van der Waals surface area (Å²) in [5.41, 5.74) is 0.334. The van der Waals surface area contributed by atoms with Crippen molar-refractivity contribution < 1.29 is 28.1 Å². The molecule has 1 aromatic rings. The summed E-state index contributed by atoms with van der Waals surface area (Å²) in [5, 5.41) is 18.4. The molecular formula is C8H7BrF3NO3. The molecule has 0 fully saturated rings. The summed E-state index contributed by atoms with van der Waals surface area (Å²) in [4.78, 5) is 3.27. The second-order valence-electron chi connectivity index (χ2n) is 2.76. The van der Waals surface area contributed by atoms with Crippen molar-refractivity contribution in [3.63, 3.8) is 0 Å². The maximum atomic E-state index is 11.9.